The van der Waals surface area contributed by atoms with E-state index in [0.717, 1.165) is 5.39 Å². The number of rotatable bonds is 5. The van der Waals surface area contributed by atoms with Gasteiger partial charge in [-0.15, -0.1) is 0 Å². The third kappa shape index (κ3) is 3.84. The van der Waals surface area contributed by atoms with Crippen molar-refractivity contribution in [1.29, 1.82) is 0 Å². The molecular formula is C24H16ClN3O3S. The van der Waals surface area contributed by atoms with E-state index < -0.39 is 10.0 Å². The van der Waals surface area contributed by atoms with E-state index in [1.807, 2.05) is 30.3 Å². The van der Waals surface area contributed by atoms with Gasteiger partial charge < -0.3 is 4.42 Å². The first-order valence-electron chi connectivity index (χ1n) is 9.70. The largest absolute Gasteiger partial charge is 0.435 e. The fraction of sp³-hybridized carbons (Fsp3) is 0. The molecule has 3 aromatic carbocycles. The average molecular weight is 462 g/mol. The first kappa shape index (κ1) is 20.2. The number of pyridine rings is 1. The minimum Gasteiger partial charge on any atom is -0.435 e. The van der Waals surface area contributed by atoms with Crippen LogP contribution in [0.3, 0.4) is 0 Å². The highest BCUT2D eigenvalue weighted by Gasteiger charge is 2.28. The predicted octanol–water partition coefficient (Wildman–Crippen LogP) is 6.01. The molecule has 1 N–H and O–H groups in total. The van der Waals surface area contributed by atoms with Crippen molar-refractivity contribution in [2.75, 3.05) is 4.72 Å². The summed E-state index contributed by atoms with van der Waals surface area (Å²) in [5.74, 6) is 0.327. The van der Waals surface area contributed by atoms with E-state index in [-0.39, 0.29) is 16.7 Å². The molecule has 0 atom stereocenters. The number of para-hydroxylation sites is 1. The van der Waals surface area contributed by atoms with Crippen molar-refractivity contribution in [3.05, 3.63) is 96.1 Å². The molecule has 0 saturated carbocycles. The van der Waals surface area contributed by atoms with Crippen LogP contribution in [0.5, 0.6) is 0 Å². The zero-order valence-electron chi connectivity index (χ0n) is 16.6. The molecule has 0 bridgehead atoms. The van der Waals surface area contributed by atoms with Crippen LogP contribution < -0.4 is 4.72 Å². The van der Waals surface area contributed by atoms with Crippen molar-refractivity contribution in [3.63, 3.8) is 0 Å². The van der Waals surface area contributed by atoms with Crippen molar-refractivity contribution in [2.45, 2.75) is 5.03 Å². The second-order valence-corrected chi connectivity index (χ2v) is 9.05. The van der Waals surface area contributed by atoms with E-state index >= 15 is 0 Å². The lowest BCUT2D eigenvalue weighted by Gasteiger charge is -2.09. The number of fused-ring (bicyclic) bond motifs is 1. The lowest BCUT2D eigenvalue weighted by Crippen LogP contribution is -2.15. The van der Waals surface area contributed by atoms with Gasteiger partial charge in [0.05, 0.1) is 11.2 Å². The molecule has 0 saturated heterocycles. The van der Waals surface area contributed by atoms with Gasteiger partial charge in [-0.05, 0) is 48.5 Å². The van der Waals surface area contributed by atoms with Crippen LogP contribution in [0.1, 0.15) is 0 Å². The highest BCUT2D eigenvalue weighted by atomic mass is 35.5. The standard InChI is InChI=1S/C24H16ClN3O3S/c25-19-13-11-17(12-14-19)22-24(27-23(31-22)18-6-2-1-3-7-18)32(29,30)28-20-10-4-8-16-9-5-15-26-21(16)20/h1-15,28H. The van der Waals surface area contributed by atoms with Crippen molar-refractivity contribution in [1.82, 2.24) is 9.97 Å². The van der Waals surface area contributed by atoms with E-state index in [9.17, 15) is 8.42 Å². The second-order valence-electron chi connectivity index (χ2n) is 7.01. The van der Waals surface area contributed by atoms with Crippen molar-refractivity contribution < 1.29 is 12.8 Å². The maximum absolute atomic E-state index is 13.5. The topological polar surface area (TPSA) is 85.1 Å². The normalized spacial score (nSPS) is 11.5. The van der Waals surface area contributed by atoms with Gasteiger partial charge in [0.25, 0.3) is 10.0 Å². The second kappa shape index (κ2) is 8.11. The average Bonchev–Trinajstić information content (AvgIpc) is 3.27. The van der Waals surface area contributed by atoms with Crippen molar-refractivity contribution in [3.8, 4) is 22.8 Å². The summed E-state index contributed by atoms with van der Waals surface area (Å²) in [4.78, 5) is 8.67. The summed E-state index contributed by atoms with van der Waals surface area (Å²) in [5.41, 5.74) is 2.10. The molecule has 2 heterocycles. The van der Waals surface area contributed by atoms with Gasteiger partial charge in [0.15, 0.2) is 5.76 Å². The van der Waals surface area contributed by atoms with E-state index in [1.54, 1.807) is 60.8 Å². The van der Waals surface area contributed by atoms with Crippen LogP contribution in [0, 0.1) is 0 Å². The first-order valence-corrected chi connectivity index (χ1v) is 11.6. The Balaban J connectivity index is 1.65. The van der Waals surface area contributed by atoms with Gasteiger partial charge >= 0.3 is 0 Å². The Hall–Kier alpha value is -3.68. The minimum absolute atomic E-state index is 0.126. The summed E-state index contributed by atoms with van der Waals surface area (Å²) >= 11 is 6.01. The fourth-order valence-electron chi connectivity index (χ4n) is 3.36. The number of hydrogen-bond donors (Lipinski definition) is 1. The number of hydrogen-bond acceptors (Lipinski definition) is 5. The SMILES string of the molecule is O=S(=O)(Nc1cccc2cccnc12)c1nc(-c2ccccc2)oc1-c1ccc(Cl)cc1. The number of anilines is 1. The molecule has 32 heavy (non-hydrogen) atoms. The van der Waals surface area contributed by atoms with Gasteiger partial charge in [-0.25, -0.2) is 0 Å². The molecule has 0 aliphatic rings. The Morgan fingerprint density at radius 3 is 2.34 bits per heavy atom. The molecule has 0 unspecified atom stereocenters. The van der Waals surface area contributed by atoms with Crippen LogP contribution in [0.4, 0.5) is 5.69 Å². The first-order chi connectivity index (χ1) is 15.5. The van der Waals surface area contributed by atoms with Gasteiger partial charge in [-0.2, -0.15) is 13.4 Å². The molecule has 0 aliphatic carbocycles. The van der Waals surface area contributed by atoms with E-state index in [0.29, 0.717) is 27.4 Å². The molecular weight excluding hydrogens is 446 g/mol. The molecule has 2 aromatic heterocycles. The Morgan fingerprint density at radius 2 is 1.56 bits per heavy atom. The van der Waals surface area contributed by atoms with Gasteiger partial charge in [0.1, 0.15) is 0 Å². The molecule has 0 amide bonds. The van der Waals surface area contributed by atoms with Crippen LogP contribution in [0.25, 0.3) is 33.7 Å². The number of benzene rings is 3. The summed E-state index contributed by atoms with van der Waals surface area (Å²) in [7, 11) is -4.11. The third-order valence-corrected chi connectivity index (χ3v) is 6.38. The predicted molar refractivity (Wildman–Crippen MR) is 125 cm³/mol. The lowest BCUT2D eigenvalue weighted by molar-refractivity contribution is 0.581. The number of nitrogens with one attached hydrogen (secondary N) is 1. The number of sulfonamides is 1. The fourth-order valence-corrected chi connectivity index (χ4v) is 4.64. The van der Waals surface area contributed by atoms with Gasteiger partial charge in [-0.3, -0.25) is 9.71 Å². The van der Waals surface area contributed by atoms with E-state index in [1.165, 1.54) is 0 Å². The van der Waals surface area contributed by atoms with Crippen LogP contribution in [0.2, 0.25) is 5.02 Å². The maximum atomic E-state index is 13.5. The Bertz CT molecular complexity index is 1510. The van der Waals surface area contributed by atoms with Gasteiger partial charge in [0.2, 0.25) is 10.9 Å². The Morgan fingerprint density at radius 1 is 0.812 bits per heavy atom. The molecule has 0 radical (unpaired) electrons. The molecule has 0 aliphatic heterocycles. The molecule has 5 aromatic rings. The lowest BCUT2D eigenvalue weighted by atomic mass is 10.2. The monoisotopic (exact) mass is 461 g/mol. The van der Waals surface area contributed by atoms with Gasteiger partial charge in [0, 0.05) is 27.7 Å². The van der Waals surface area contributed by atoms with E-state index in [4.69, 9.17) is 16.0 Å². The molecule has 0 spiro atoms. The third-order valence-electron chi connectivity index (χ3n) is 4.85. The van der Waals surface area contributed by atoms with Crippen LogP contribution in [0.15, 0.2) is 101 Å². The Labute approximate surface area is 189 Å². The van der Waals surface area contributed by atoms with E-state index in [2.05, 4.69) is 14.7 Å². The smallest absolute Gasteiger partial charge is 0.283 e. The minimum atomic E-state index is -4.11. The zero-order valence-corrected chi connectivity index (χ0v) is 18.1. The summed E-state index contributed by atoms with van der Waals surface area (Å²) < 4.78 is 35.5. The van der Waals surface area contributed by atoms with Gasteiger partial charge in [-0.1, -0.05) is 48.0 Å². The quantitative estimate of drug-likeness (QED) is 0.346. The maximum Gasteiger partial charge on any atom is 0.283 e. The molecule has 5 rings (SSSR count). The van der Waals surface area contributed by atoms with Crippen LogP contribution >= 0.6 is 11.6 Å². The number of nitrogens with zero attached hydrogens (tertiary/aromatic N) is 2. The molecule has 158 valence electrons. The highest BCUT2D eigenvalue weighted by molar-refractivity contribution is 7.92. The van der Waals surface area contributed by atoms with Crippen molar-refractivity contribution in [2.24, 2.45) is 0 Å². The number of aromatic nitrogens is 2. The highest BCUT2D eigenvalue weighted by Crippen LogP contribution is 2.34. The zero-order chi connectivity index (χ0) is 22.1. The number of halogens is 1. The number of oxazole rings is 1. The van der Waals surface area contributed by atoms with Crippen LogP contribution in [-0.4, -0.2) is 18.4 Å². The van der Waals surface area contributed by atoms with Crippen LogP contribution in [-0.2, 0) is 10.0 Å². The Kier molecular flexibility index (Phi) is 5.13. The summed E-state index contributed by atoms with van der Waals surface area (Å²) in [6, 6.07) is 24.8. The molecule has 8 heteroatoms. The summed E-state index contributed by atoms with van der Waals surface area (Å²) in [6.45, 7) is 0. The summed E-state index contributed by atoms with van der Waals surface area (Å²) in [5, 5.41) is 1.13. The molecule has 6 nitrogen and oxygen atoms in total. The molecule has 0 fully saturated rings. The summed E-state index contributed by atoms with van der Waals surface area (Å²) in [6.07, 6.45) is 1.61. The van der Waals surface area contributed by atoms with Crippen molar-refractivity contribution >= 4 is 38.2 Å².